The maximum atomic E-state index is 10.3. The van der Waals surface area contributed by atoms with Crippen molar-refractivity contribution in [3.63, 3.8) is 0 Å². The predicted molar refractivity (Wildman–Crippen MR) is 78.2 cm³/mol. The number of benzene rings is 1. The Labute approximate surface area is 124 Å². The molecule has 0 spiro atoms. The van der Waals surface area contributed by atoms with Crippen molar-refractivity contribution in [1.82, 2.24) is 4.90 Å². The summed E-state index contributed by atoms with van der Waals surface area (Å²) in [5, 5.41) is 28.7. The first-order valence-corrected chi connectivity index (χ1v) is 6.95. The number of nitrogens with zero attached hydrogens (tertiary/aromatic N) is 1. The first-order chi connectivity index (χ1) is 9.62. The predicted octanol–water partition coefficient (Wildman–Crippen LogP) is 1.06. The van der Waals surface area contributed by atoms with Crippen LogP contribution in [0.5, 0.6) is 5.75 Å². The van der Waals surface area contributed by atoms with Gasteiger partial charge in [-0.2, -0.15) is 0 Å². The summed E-state index contributed by atoms with van der Waals surface area (Å²) in [6, 6.07) is 5.12. The number of hydrogen-bond donors (Lipinski definition) is 3. The molecular formula is C14H22ClNO4. The van der Waals surface area contributed by atoms with Gasteiger partial charge in [0.05, 0.1) is 26.4 Å². The van der Waals surface area contributed by atoms with Gasteiger partial charge in [-0.3, -0.25) is 4.90 Å². The van der Waals surface area contributed by atoms with E-state index in [0.29, 0.717) is 42.4 Å². The van der Waals surface area contributed by atoms with Crippen LogP contribution in [0.2, 0.25) is 5.02 Å². The lowest BCUT2D eigenvalue weighted by Gasteiger charge is -2.22. The average Bonchev–Trinajstić information content (AvgIpc) is 2.45. The molecule has 0 bridgehead atoms. The minimum atomic E-state index is -0.705. The van der Waals surface area contributed by atoms with E-state index in [0.717, 1.165) is 0 Å². The Morgan fingerprint density at radius 1 is 1.20 bits per heavy atom. The van der Waals surface area contributed by atoms with E-state index in [-0.39, 0.29) is 13.2 Å². The van der Waals surface area contributed by atoms with E-state index >= 15 is 0 Å². The highest BCUT2D eigenvalue weighted by Crippen LogP contribution is 2.30. The number of aliphatic hydroxyl groups excluding tert-OH is 3. The van der Waals surface area contributed by atoms with Gasteiger partial charge in [0, 0.05) is 30.2 Å². The zero-order valence-electron chi connectivity index (χ0n) is 11.6. The molecule has 0 heterocycles. The minimum absolute atomic E-state index is 0.0244. The Bertz CT molecular complexity index is 397. The van der Waals surface area contributed by atoms with Gasteiger partial charge in [0.25, 0.3) is 0 Å². The van der Waals surface area contributed by atoms with E-state index in [4.69, 9.17) is 26.6 Å². The summed E-state index contributed by atoms with van der Waals surface area (Å²) in [4.78, 5) is 1.89. The van der Waals surface area contributed by atoms with Crippen molar-refractivity contribution in [2.75, 3.05) is 40.0 Å². The van der Waals surface area contributed by atoms with Crippen LogP contribution < -0.4 is 4.74 Å². The lowest BCUT2D eigenvalue weighted by Crippen LogP contribution is -2.31. The SMILES string of the molecule is COc1ccc(Cl)cc1C(O)CCN(CCO)CCO. The first kappa shape index (κ1) is 17.2. The highest BCUT2D eigenvalue weighted by Gasteiger charge is 2.15. The summed E-state index contributed by atoms with van der Waals surface area (Å²) in [5.74, 6) is 0.595. The first-order valence-electron chi connectivity index (χ1n) is 6.58. The van der Waals surface area contributed by atoms with Crippen molar-refractivity contribution < 1.29 is 20.1 Å². The Hall–Kier alpha value is -0.850. The van der Waals surface area contributed by atoms with Crippen molar-refractivity contribution in [2.45, 2.75) is 12.5 Å². The summed E-state index contributed by atoms with van der Waals surface area (Å²) >= 11 is 5.94. The van der Waals surface area contributed by atoms with Gasteiger partial charge >= 0.3 is 0 Å². The highest BCUT2D eigenvalue weighted by atomic mass is 35.5. The van der Waals surface area contributed by atoms with E-state index in [1.54, 1.807) is 25.3 Å². The van der Waals surface area contributed by atoms with Gasteiger partial charge in [-0.25, -0.2) is 0 Å². The molecule has 6 heteroatoms. The van der Waals surface area contributed by atoms with Gasteiger partial charge in [0.2, 0.25) is 0 Å². The molecule has 0 amide bonds. The molecule has 0 saturated carbocycles. The van der Waals surface area contributed by atoms with Crippen LogP contribution in [0.4, 0.5) is 0 Å². The third-order valence-electron chi connectivity index (χ3n) is 3.10. The second kappa shape index (κ2) is 9.15. The van der Waals surface area contributed by atoms with E-state index in [9.17, 15) is 5.11 Å². The fraction of sp³-hybridized carbons (Fsp3) is 0.571. The summed E-state index contributed by atoms with van der Waals surface area (Å²) in [6.45, 7) is 1.56. The molecule has 0 radical (unpaired) electrons. The molecule has 20 heavy (non-hydrogen) atoms. The molecule has 1 rings (SSSR count). The van der Waals surface area contributed by atoms with Gasteiger partial charge < -0.3 is 20.1 Å². The maximum absolute atomic E-state index is 10.3. The van der Waals surface area contributed by atoms with Crippen LogP contribution >= 0.6 is 11.6 Å². The quantitative estimate of drug-likeness (QED) is 0.636. The molecule has 0 fully saturated rings. The number of halogens is 1. The molecule has 0 aliphatic carbocycles. The molecule has 0 aliphatic rings. The van der Waals surface area contributed by atoms with Crippen LogP contribution in [0.3, 0.4) is 0 Å². The van der Waals surface area contributed by atoms with Crippen molar-refractivity contribution in [3.8, 4) is 5.75 Å². The minimum Gasteiger partial charge on any atom is -0.496 e. The number of rotatable bonds is 9. The maximum Gasteiger partial charge on any atom is 0.124 e. The van der Waals surface area contributed by atoms with Crippen LogP contribution in [0.25, 0.3) is 0 Å². The van der Waals surface area contributed by atoms with Gasteiger partial charge in [0.15, 0.2) is 0 Å². The Morgan fingerprint density at radius 3 is 2.40 bits per heavy atom. The Balaban J connectivity index is 2.65. The van der Waals surface area contributed by atoms with Crippen molar-refractivity contribution in [3.05, 3.63) is 28.8 Å². The number of methoxy groups -OCH3 is 1. The molecule has 0 saturated heterocycles. The average molecular weight is 304 g/mol. The summed E-state index contributed by atoms with van der Waals surface area (Å²) in [7, 11) is 1.54. The fourth-order valence-corrected chi connectivity index (χ4v) is 2.22. The van der Waals surface area contributed by atoms with E-state index in [1.165, 1.54) is 0 Å². The molecule has 0 aliphatic heterocycles. The third kappa shape index (κ3) is 5.26. The third-order valence-corrected chi connectivity index (χ3v) is 3.34. The topological polar surface area (TPSA) is 73.2 Å². The summed E-state index contributed by atoms with van der Waals surface area (Å²) in [6.07, 6.45) is -0.236. The number of ether oxygens (including phenoxy) is 1. The van der Waals surface area contributed by atoms with Crippen molar-refractivity contribution in [1.29, 1.82) is 0 Å². The highest BCUT2D eigenvalue weighted by molar-refractivity contribution is 6.30. The van der Waals surface area contributed by atoms with Gasteiger partial charge in [-0.15, -0.1) is 0 Å². The van der Waals surface area contributed by atoms with Gasteiger partial charge in [0.1, 0.15) is 5.75 Å². The normalized spacial score (nSPS) is 12.7. The number of hydrogen-bond acceptors (Lipinski definition) is 5. The van der Waals surface area contributed by atoms with E-state index in [2.05, 4.69) is 0 Å². The monoisotopic (exact) mass is 303 g/mol. The zero-order valence-corrected chi connectivity index (χ0v) is 12.4. The Kier molecular flexibility index (Phi) is 7.87. The lowest BCUT2D eigenvalue weighted by molar-refractivity contribution is 0.116. The van der Waals surface area contributed by atoms with Crippen LogP contribution in [0, 0.1) is 0 Å². The fourth-order valence-electron chi connectivity index (χ4n) is 2.04. The van der Waals surface area contributed by atoms with Crippen molar-refractivity contribution in [2.24, 2.45) is 0 Å². The largest absolute Gasteiger partial charge is 0.496 e. The number of aliphatic hydroxyl groups is 3. The molecule has 1 aromatic rings. The van der Waals surface area contributed by atoms with Crippen LogP contribution in [-0.2, 0) is 0 Å². The van der Waals surface area contributed by atoms with E-state index in [1.807, 2.05) is 4.90 Å². The summed E-state index contributed by atoms with van der Waals surface area (Å²) < 4.78 is 5.21. The molecule has 1 atom stereocenters. The molecule has 3 N–H and O–H groups in total. The standard InChI is InChI=1S/C14H22ClNO4/c1-20-14-3-2-11(15)10-12(14)13(19)4-5-16(6-8-17)7-9-18/h2-3,10,13,17-19H,4-9H2,1H3. The summed E-state index contributed by atoms with van der Waals surface area (Å²) in [5.41, 5.74) is 0.646. The lowest BCUT2D eigenvalue weighted by atomic mass is 10.1. The van der Waals surface area contributed by atoms with Crippen LogP contribution in [0.15, 0.2) is 18.2 Å². The Morgan fingerprint density at radius 2 is 1.85 bits per heavy atom. The van der Waals surface area contributed by atoms with Gasteiger partial charge in [-0.05, 0) is 24.6 Å². The van der Waals surface area contributed by atoms with Crippen molar-refractivity contribution >= 4 is 11.6 Å². The molecule has 1 aromatic carbocycles. The molecular weight excluding hydrogens is 282 g/mol. The molecule has 5 nitrogen and oxygen atoms in total. The van der Waals surface area contributed by atoms with Crippen LogP contribution in [0.1, 0.15) is 18.1 Å². The second-order valence-electron chi connectivity index (χ2n) is 4.48. The smallest absolute Gasteiger partial charge is 0.124 e. The van der Waals surface area contributed by atoms with Gasteiger partial charge in [-0.1, -0.05) is 11.6 Å². The molecule has 0 aromatic heterocycles. The van der Waals surface area contributed by atoms with Crippen LogP contribution in [-0.4, -0.2) is 60.2 Å². The van der Waals surface area contributed by atoms with E-state index < -0.39 is 6.10 Å². The zero-order chi connectivity index (χ0) is 15.0. The molecule has 1 unspecified atom stereocenters. The molecule has 114 valence electrons. The second-order valence-corrected chi connectivity index (χ2v) is 4.92.